The van der Waals surface area contributed by atoms with Crippen molar-refractivity contribution >= 4 is 0 Å². The second-order valence-corrected chi connectivity index (χ2v) is 2.25. The van der Waals surface area contributed by atoms with Crippen LogP contribution in [0.3, 0.4) is 0 Å². The highest BCUT2D eigenvalue weighted by molar-refractivity contribution is 5.51. The van der Waals surface area contributed by atoms with E-state index < -0.39 is 5.69 Å². The lowest BCUT2D eigenvalue weighted by molar-refractivity contribution is 1.06. The van der Waals surface area contributed by atoms with Crippen molar-refractivity contribution in [2.45, 2.75) is 0 Å². The van der Waals surface area contributed by atoms with Gasteiger partial charge in [-0.25, -0.2) is 4.79 Å². The lowest BCUT2D eigenvalue weighted by Crippen LogP contribution is -2.10. The van der Waals surface area contributed by atoms with E-state index in [9.17, 15) is 4.79 Å². The van der Waals surface area contributed by atoms with Gasteiger partial charge in [0.15, 0.2) is 0 Å². The van der Waals surface area contributed by atoms with Gasteiger partial charge in [0.25, 0.3) is 0 Å². The van der Waals surface area contributed by atoms with Gasteiger partial charge in [0.2, 0.25) is 0 Å². The van der Waals surface area contributed by atoms with Crippen LogP contribution in [-0.2, 0) is 0 Å². The summed E-state index contributed by atoms with van der Waals surface area (Å²) in [5, 5.41) is 0. The Hall–Kier alpha value is -1.84. The quantitative estimate of drug-likeness (QED) is 0.556. The maximum absolute atomic E-state index is 10.7. The molecule has 4 nitrogen and oxygen atoms in total. The Kier molecular flexibility index (Phi) is 1.51. The van der Waals surface area contributed by atoms with E-state index in [0.717, 1.165) is 0 Å². The van der Waals surface area contributed by atoms with Gasteiger partial charge < -0.3 is 0 Å². The number of rotatable bonds is 0. The van der Waals surface area contributed by atoms with Crippen LogP contribution in [0.15, 0.2) is 35.4 Å². The summed E-state index contributed by atoms with van der Waals surface area (Å²) in [7, 11) is 0. The van der Waals surface area contributed by atoms with E-state index in [1.165, 1.54) is 6.20 Å². The predicted octanol–water partition coefficient (Wildman–Crippen LogP) is 0.337. The van der Waals surface area contributed by atoms with Crippen LogP contribution >= 0.6 is 0 Å². The van der Waals surface area contributed by atoms with E-state index >= 15 is 0 Å². The molecule has 0 fully saturated rings. The third-order valence-corrected chi connectivity index (χ3v) is 1.44. The zero-order valence-electron chi connectivity index (χ0n) is 6.14. The van der Waals surface area contributed by atoms with Crippen molar-refractivity contribution in [1.29, 1.82) is 0 Å². The number of hydrogen-bond acceptors (Lipinski definition) is 4. The lowest BCUT2D eigenvalue weighted by atomic mass is 10.3. The molecule has 0 N–H and O–H groups in total. The Bertz CT molecular complexity index is 429. The van der Waals surface area contributed by atoms with E-state index in [2.05, 4.69) is 15.0 Å². The number of nitrogens with zero attached hydrogens (tertiary/aromatic N) is 3. The Morgan fingerprint density at radius 1 is 1.08 bits per heavy atom. The van der Waals surface area contributed by atoms with Crippen molar-refractivity contribution in [3.8, 4) is 11.4 Å². The number of fused-ring (bicyclic) bond motifs is 1. The fourth-order valence-corrected chi connectivity index (χ4v) is 0.914. The smallest absolute Gasteiger partial charge is 0.253 e. The molecule has 0 radical (unpaired) electrons. The van der Waals surface area contributed by atoms with Gasteiger partial charge in [0, 0.05) is 6.20 Å². The summed E-state index contributed by atoms with van der Waals surface area (Å²) in [6, 6.07) is 5.28. The second kappa shape index (κ2) is 2.65. The minimum absolute atomic E-state index is 0.476. The van der Waals surface area contributed by atoms with Gasteiger partial charge >= 0.3 is 5.69 Å². The SMILES string of the molecule is O=c1ncc2nccccc-2n1. The highest BCUT2D eigenvalue weighted by Gasteiger charge is 2.01. The fourth-order valence-electron chi connectivity index (χ4n) is 0.914. The minimum Gasteiger partial charge on any atom is -0.253 e. The van der Waals surface area contributed by atoms with E-state index in [1.807, 2.05) is 0 Å². The first-order chi connectivity index (χ1) is 5.86. The zero-order valence-corrected chi connectivity index (χ0v) is 6.14. The molecule has 58 valence electrons. The standard InChI is InChI=1S/C8H5N3O/c12-8-10-5-7-6(11-8)3-1-2-4-9-7/h1-5H. The monoisotopic (exact) mass is 159 g/mol. The van der Waals surface area contributed by atoms with Gasteiger partial charge in [-0.2, -0.15) is 9.97 Å². The molecule has 0 aromatic rings. The predicted molar refractivity (Wildman–Crippen MR) is 42.7 cm³/mol. The molecular formula is C8H5N3O. The molecule has 0 saturated carbocycles. The molecule has 2 heterocycles. The molecule has 2 aliphatic rings. The molecular weight excluding hydrogens is 154 g/mol. The second-order valence-electron chi connectivity index (χ2n) is 2.25. The van der Waals surface area contributed by atoms with Crippen molar-refractivity contribution in [3.05, 3.63) is 41.1 Å². The molecule has 2 aliphatic heterocycles. The maximum Gasteiger partial charge on any atom is 0.367 e. The summed E-state index contributed by atoms with van der Waals surface area (Å²) < 4.78 is 0. The molecule has 2 rings (SSSR count). The largest absolute Gasteiger partial charge is 0.367 e. The van der Waals surface area contributed by atoms with Crippen LogP contribution < -0.4 is 5.69 Å². The Balaban J connectivity index is 2.82. The molecule has 0 spiro atoms. The van der Waals surface area contributed by atoms with Crippen LogP contribution in [0.5, 0.6) is 0 Å². The summed E-state index contributed by atoms with van der Waals surface area (Å²) in [5.74, 6) is 0. The molecule has 0 bridgehead atoms. The van der Waals surface area contributed by atoms with Crippen molar-refractivity contribution in [2.24, 2.45) is 0 Å². The molecule has 4 heteroatoms. The fraction of sp³-hybridized carbons (Fsp3) is 0. The first kappa shape index (κ1) is 6.84. The third kappa shape index (κ3) is 1.14. The first-order valence-electron chi connectivity index (χ1n) is 3.44. The number of aromatic nitrogens is 3. The molecule has 0 unspecified atom stereocenters. The van der Waals surface area contributed by atoms with Gasteiger partial charge in [-0.1, -0.05) is 6.07 Å². The van der Waals surface area contributed by atoms with Crippen LogP contribution in [-0.4, -0.2) is 15.0 Å². The van der Waals surface area contributed by atoms with E-state index in [-0.39, 0.29) is 0 Å². The average Bonchev–Trinajstić information content (AvgIpc) is 2.28. The minimum atomic E-state index is -0.476. The molecule has 0 atom stereocenters. The van der Waals surface area contributed by atoms with Crippen LogP contribution in [0.2, 0.25) is 0 Å². The molecule has 0 aromatic carbocycles. The molecule has 0 amide bonds. The Morgan fingerprint density at radius 3 is 2.92 bits per heavy atom. The summed E-state index contributed by atoms with van der Waals surface area (Å²) in [6.45, 7) is 0. The zero-order chi connectivity index (χ0) is 8.39. The Morgan fingerprint density at radius 2 is 2.00 bits per heavy atom. The van der Waals surface area contributed by atoms with E-state index in [4.69, 9.17) is 0 Å². The van der Waals surface area contributed by atoms with E-state index in [0.29, 0.717) is 11.4 Å². The number of hydrogen-bond donors (Lipinski definition) is 0. The van der Waals surface area contributed by atoms with Gasteiger partial charge in [0.05, 0.1) is 11.9 Å². The van der Waals surface area contributed by atoms with Gasteiger partial charge in [-0.15, -0.1) is 0 Å². The van der Waals surface area contributed by atoms with Gasteiger partial charge in [-0.3, -0.25) is 4.98 Å². The van der Waals surface area contributed by atoms with Crippen molar-refractivity contribution in [3.63, 3.8) is 0 Å². The van der Waals surface area contributed by atoms with Gasteiger partial charge in [-0.05, 0) is 12.1 Å². The average molecular weight is 159 g/mol. The van der Waals surface area contributed by atoms with E-state index in [1.54, 1.807) is 24.4 Å². The summed E-state index contributed by atoms with van der Waals surface area (Å²) in [5.41, 5.74) is 0.718. The normalized spacial score (nSPS) is 10.0. The molecule has 12 heavy (non-hydrogen) atoms. The van der Waals surface area contributed by atoms with Crippen LogP contribution in [0.25, 0.3) is 11.4 Å². The van der Waals surface area contributed by atoms with Crippen molar-refractivity contribution in [2.75, 3.05) is 0 Å². The lowest BCUT2D eigenvalue weighted by Gasteiger charge is -1.92. The van der Waals surface area contributed by atoms with Crippen molar-refractivity contribution in [1.82, 2.24) is 15.0 Å². The summed E-state index contributed by atoms with van der Waals surface area (Å²) in [4.78, 5) is 21.9. The van der Waals surface area contributed by atoms with Crippen LogP contribution in [0, 0.1) is 0 Å². The molecule has 0 saturated heterocycles. The maximum atomic E-state index is 10.7. The summed E-state index contributed by atoms with van der Waals surface area (Å²) >= 11 is 0. The molecule has 0 aromatic heterocycles. The molecule has 0 aliphatic carbocycles. The van der Waals surface area contributed by atoms with Crippen LogP contribution in [0.4, 0.5) is 0 Å². The van der Waals surface area contributed by atoms with Crippen molar-refractivity contribution < 1.29 is 0 Å². The van der Waals surface area contributed by atoms with Crippen LogP contribution in [0.1, 0.15) is 0 Å². The van der Waals surface area contributed by atoms with Gasteiger partial charge in [0.1, 0.15) is 5.69 Å². The third-order valence-electron chi connectivity index (χ3n) is 1.44. The highest BCUT2D eigenvalue weighted by Crippen LogP contribution is 2.08. The highest BCUT2D eigenvalue weighted by atomic mass is 16.1. The topological polar surface area (TPSA) is 55.7 Å². The Labute approximate surface area is 68.3 Å². The first-order valence-corrected chi connectivity index (χ1v) is 3.44. The summed E-state index contributed by atoms with van der Waals surface area (Å²) in [6.07, 6.45) is 3.06.